The number of carbonyl (C=O) groups is 1. The highest BCUT2D eigenvalue weighted by Crippen LogP contribution is 2.14. The molecule has 4 nitrogen and oxygen atoms in total. The van der Waals surface area contributed by atoms with Gasteiger partial charge in [0, 0.05) is 6.42 Å². The monoisotopic (exact) mass is 230 g/mol. The van der Waals surface area contributed by atoms with Gasteiger partial charge in [0.15, 0.2) is 0 Å². The lowest BCUT2D eigenvalue weighted by molar-refractivity contribution is -0.124. The van der Waals surface area contributed by atoms with Crippen LogP contribution >= 0.6 is 0 Å². The molecule has 0 aliphatic carbocycles. The van der Waals surface area contributed by atoms with Crippen LogP contribution in [-0.2, 0) is 4.79 Å². The van der Waals surface area contributed by atoms with Crippen molar-refractivity contribution in [3.05, 3.63) is 0 Å². The lowest BCUT2D eigenvalue weighted by Gasteiger charge is -2.25. The van der Waals surface area contributed by atoms with Crippen molar-refractivity contribution in [1.82, 2.24) is 5.32 Å². The first-order chi connectivity index (χ1) is 7.30. The van der Waals surface area contributed by atoms with Crippen molar-refractivity contribution in [3.63, 3.8) is 0 Å². The minimum atomic E-state index is -0.548. The molecular formula is C12H26N2O2. The highest BCUT2D eigenvalue weighted by Gasteiger charge is 2.21. The fourth-order valence-corrected chi connectivity index (χ4v) is 1.66. The molecule has 0 unspecified atom stereocenters. The van der Waals surface area contributed by atoms with Crippen molar-refractivity contribution < 1.29 is 9.90 Å². The predicted molar refractivity (Wildman–Crippen MR) is 65.9 cm³/mol. The molecule has 0 radical (unpaired) electrons. The van der Waals surface area contributed by atoms with Crippen LogP contribution in [0.4, 0.5) is 0 Å². The topological polar surface area (TPSA) is 75.4 Å². The first kappa shape index (κ1) is 15.4. The fourth-order valence-electron chi connectivity index (χ4n) is 1.66. The molecule has 0 saturated carbocycles. The molecular weight excluding hydrogens is 204 g/mol. The zero-order valence-corrected chi connectivity index (χ0v) is 10.9. The van der Waals surface area contributed by atoms with E-state index in [9.17, 15) is 4.79 Å². The van der Waals surface area contributed by atoms with Gasteiger partial charge in [0.25, 0.3) is 0 Å². The van der Waals surface area contributed by atoms with E-state index in [1.807, 2.05) is 0 Å². The largest absolute Gasteiger partial charge is 0.394 e. The van der Waals surface area contributed by atoms with Crippen LogP contribution in [0, 0.1) is 11.8 Å². The number of amides is 1. The molecule has 0 heterocycles. The van der Waals surface area contributed by atoms with Crippen molar-refractivity contribution in [2.45, 2.75) is 46.1 Å². The zero-order chi connectivity index (χ0) is 12.8. The van der Waals surface area contributed by atoms with E-state index in [1.165, 1.54) is 0 Å². The summed E-state index contributed by atoms with van der Waals surface area (Å²) in [5, 5.41) is 11.8. The highest BCUT2D eigenvalue weighted by atomic mass is 16.3. The van der Waals surface area contributed by atoms with Gasteiger partial charge in [-0.25, -0.2) is 0 Å². The van der Waals surface area contributed by atoms with Crippen LogP contribution in [-0.4, -0.2) is 29.7 Å². The van der Waals surface area contributed by atoms with E-state index in [-0.39, 0.29) is 18.4 Å². The molecule has 16 heavy (non-hydrogen) atoms. The summed E-state index contributed by atoms with van der Waals surface area (Å²) in [7, 11) is 0. The summed E-state index contributed by atoms with van der Waals surface area (Å²) in [6.07, 6.45) is 1.40. The van der Waals surface area contributed by atoms with E-state index in [1.54, 1.807) is 13.8 Å². The van der Waals surface area contributed by atoms with Gasteiger partial charge in [0.2, 0.25) is 5.91 Å². The molecule has 0 bridgehead atoms. The fraction of sp³-hybridized carbons (Fsp3) is 0.917. The Balaban J connectivity index is 4.11. The molecule has 4 N–H and O–H groups in total. The van der Waals surface area contributed by atoms with Crippen molar-refractivity contribution in [2.75, 3.05) is 13.2 Å². The molecule has 0 saturated heterocycles. The Labute approximate surface area is 98.6 Å². The number of aliphatic hydroxyl groups is 1. The predicted octanol–water partition coefficient (Wildman–Crippen LogP) is 0.885. The SMILES string of the molecule is CC(C)C[C@H](CN)CC(=O)NC(C)(C)CO. The molecule has 0 aliphatic rings. The number of rotatable bonds is 7. The van der Waals surface area contributed by atoms with Gasteiger partial charge in [-0.2, -0.15) is 0 Å². The van der Waals surface area contributed by atoms with E-state index in [4.69, 9.17) is 10.8 Å². The van der Waals surface area contributed by atoms with Gasteiger partial charge in [0.1, 0.15) is 0 Å². The molecule has 0 spiro atoms. The lowest BCUT2D eigenvalue weighted by atomic mass is 9.93. The Kier molecular flexibility index (Phi) is 6.60. The van der Waals surface area contributed by atoms with E-state index < -0.39 is 5.54 Å². The molecule has 1 atom stereocenters. The molecule has 0 rings (SSSR count). The average molecular weight is 230 g/mol. The lowest BCUT2D eigenvalue weighted by Crippen LogP contribution is -2.47. The maximum absolute atomic E-state index is 11.7. The first-order valence-corrected chi connectivity index (χ1v) is 5.92. The molecule has 1 amide bonds. The summed E-state index contributed by atoms with van der Waals surface area (Å²) in [5.74, 6) is 0.747. The Hall–Kier alpha value is -0.610. The van der Waals surface area contributed by atoms with E-state index in [2.05, 4.69) is 19.2 Å². The van der Waals surface area contributed by atoms with Crippen LogP contribution in [0.1, 0.15) is 40.5 Å². The minimum absolute atomic E-state index is 0.0323. The minimum Gasteiger partial charge on any atom is -0.394 e. The van der Waals surface area contributed by atoms with Gasteiger partial charge in [-0.1, -0.05) is 13.8 Å². The number of carbonyl (C=O) groups excluding carboxylic acids is 1. The van der Waals surface area contributed by atoms with Crippen molar-refractivity contribution in [3.8, 4) is 0 Å². The first-order valence-electron chi connectivity index (χ1n) is 5.92. The highest BCUT2D eigenvalue weighted by molar-refractivity contribution is 5.77. The Morgan fingerprint density at radius 1 is 1.44 bits per heavy atom. The second-order valence-electron chi connectivity index (χ2n) is 5.53. The van der Waals surface area contributed by atoms with E-state index in [0.29, 0.717) is 18.9 Å². The van der Waals surface area contributed by atoms with Gasteiger partial charge in [-0.15, -0.1) is 0 Å². The summed E-state index contributed by atoms with van der Waals surface area (Å²) in [5.41, 5.74) is 5.09. The normalized spacial score (nSPS) is 13.9. The number of hydrogen-bond acceptors (Lipinski definition) is 3. The van der Waals surface area contributed by atoms with E-state index in [0.717, 1.165) is 6.42 Å². The van der Waals surface area contributed by atoms with Gasteiger partial charge in [-0.3, -0.25) is 4.79 Å². The van der Waals surface area contributed by atoms with Crippen molar-refractivity contribution in [2.24, 2.45) is 17.6 Å². The maximum Gasteiger partial charge on any atom is 0.220 e. The van der Waals surface area contributed by atoms with Crippen molar-refractivity contribution in [1.29, 1.82) is 0 Å². The molecule has 0 aromatic carbocycles. The summed E-state index contributed by atoms with van der Waals surface area (Å²) in [4.78, 5) is 11.7. The summed E-state index contributed by atoms with van der Waals surface area (Å²) >= 11 is 0. The number of nitrogens with one attached hydrogen (secondary N) is 1. The number of nitrogens with two attached hydrogens (primary N) is 1. The molecule has 0 aromatic rings. The second-order valence-corrected chi connectivity index (χ2v) is 5.53. The smallest absolute Gasteiger partial charge is 0.220 e. The van der Waals surface area contributed by atoms with Gasteiger partial charge >= 0.3 is 0 Å². The van der Waals surface area contributed by atoms with Crippen LogP contribution in [0.15, 0.2) is 0 Å². The molecule has 0 fully saturated rings. The number of aliphatic hydroxyl groups excluding tert-OH is 1. The average Bonchev–Trinajstić information content (AvgIpc) is 2.15. The van der Waals surface area contributed by atoms with Gasteiger partial charge < -0.3 is 16.2 Å². The zero-order valence-electron chi connectivity index (χ0n) is 10.9. The Bertz CT molecular complexity index is 215. The Morgan fingerprint density at radius 2 is 2.00 bits per heavy atom. The number of hydrogen-bond donors (Lipinski definition) is 3. The van der Waals surface area contributed by atoms with Crippen LogP contribution in [0.2, 0.25) is 0 Å². The molecule has 96 valence electrons. The summed E-state index contributed by atoms with van der Waals surface area (Å²) in [6, 6.07) is 0. The van der Waals surface area contributed by atoms with Gasteiger partial charge in [-0.05, 0) is 38.6 Å². The third-order valence-electron chi connectivity index (χ3n) is 2.49. The molecule has 0 aromatic heterocycles. The van der Waals surface area contributed by atoms with Crippen LogP contribution in [0.3, 0.4) is 0 Å². The van der Waals surface area contributed by atoms with Crippen LogP contribution in [0.25, 0.3) is 0 Å². The third kappa shape index (κ3) is 6.80. The van der Waals surface area contributed by atoms with Crippen LogP contribution < -0.4 is 11.1 Å². The summed E-state index contributed by atoms with van der Waals surface area (Å²) < 4.78 is 0. The summed E-state index contributed by atoms with van der Waals surface area (Å²) in [6.45, 7) is 8.31. The van der Waals surface area contributed by atoms with Crippen molar-refractivity contribution >= 4 is 5.91 Å². The molecule has 0 aliphatic heterocycles. The Morgan fingerprint density at radius 3 is 2.38 bits per heavy atom. The van der Waals surface area contributed by atoms with Crippen LogP contribution in [0.5, 0.6) is 0 Å². The van der Waals surface area contributed by atoms with Gasteiger partial charge in [0.05, 0.1) is 12.1 Å². The molecule has 4 heteroatoms. The quantitative estimate of drug-likeness (QED) is 0.608. The standard InChI is InChI=1S/C12H26N2O2/c1-9(2)5-10(7-13)6-11(16)14-12(3,4)8-15/h9-10,15H,5-8,13H2,1-4H3,(H,14,16)/t10-/m0/s1. The second kappa shape index (κ2) is 6.86. The maximum atomic E-state index is 11.7. The third-order valence-corrected chi connectivity index (χ3v) is 2.49. The van der Waals surface area contributed by atoms with E-state index >= 15 is 0 Å².